The van der Waals surface area contributed by atoms with Gasteiger partial charge in [0, 0.05) is 24.2 Å². The lowest BCUT2D eigenvalue weighted by atomic mass is 9.99. The summed E-state index contributed by atoms with van der Waals surface area (Å²) in [6.07, 6.45) is 1.70. The van der Waals surface area contributed by atoms with Gasteiger partial charge in [-0.1, -0.05) is 12.1 Å². The third-order valence-electron chi connectivity index (χ3n) is 4.40. The molecule has 0 unspecified atom stereocenters. The average Bonchev–Trinajstić information content (AvgIpc) is 2.55. The van der Waals surface area contributed by atoms with Crippen LogP contribution in [-0.4, -0.2) is 17.4 Å². The minimum atomic E-state index is -0.423. The Labute approximate surface area is 134 Å². The fraction of sp³-hybridized carbons (Fsp3) is 0.278. The van der Waals surface area contributed by atoms with E-state index in [0.29, 0.717) is 17.8 Å². The molecule has 5 heteroatoms. The van der Waals surface area contributed by atoms with Crippen LogP contribution in [0.4, 0.5) is 11.4 Å². The number of benzene rings is 2. The molecule has 1 amide bonds. The molecule has 5 nitrogen and oxygen atoms in total. The van der Waals surface area contributed by atoms with Gasteiger partial charge in [0.1, 0.15) is 0 Å². The highest BCUT2D eigenvalue weighted by atomic mass is 16.6. The highest BCUT2D eigenvalue weighted by Gasteiger charge is 2.25. The molecule has 0 spiro atoms. The Balaban J connectivity index is 2.01. The second-order valence-corrected chi connectivity index (χ2v) is 5.93. The van der Waals surface area contributed by atoms with Gasteiger partial charge in [0.15, 0.2) is 0 Å². The molecule has 3 rings (SSSR count). The quantitative estimate of drug-likeness (QED) is 0.626. The minimum absolute atomic E-state index is 0.0172. The molecule has 0 fully saturated rings. The number of hydrogen-bond acceptors (Lipinski definition) is 3. The molecule has 2 aromatic carbocycles. The number of nitro groups is 1. The summed E-state index contributed by atoms with van der Waals surface area (Å²) in [7, 11) is 0. The maximum Gasteiger partial charge on any atom is 0.271 e. The van der Waals surface area contributed by atoms with Crippen LogP contribution in [0.25, 0.3) is 0 Å². The van der Waals surface area contributed by atoms with Crippen molar-refractivity contribution < 1.29 is 9.72 Å². The molecule has 1 aliphatic rings. The van der Waals surface area contributed by atoms with Gasteiger partial charge in [0.2, 0.25) is 0 Å². The number of amides is 1. The lowest BCUT2D eigenvalue weighted by Gasteiger charge is -2.29. The van der Waals surface area contributed by atoms with E-state index >= 15 is 0 Å². The molecule has 0 saturated carbocycles. The van der Waals surface area contributed by atoms with Crippen LogP contribution in [0.1, 0.15) is 33.5 Å². The number of carbonyl (C=O) groups excluding carboxylic acids is 1. The first-order chi connectivity index (χ1) is 11.0. The van der Waals surface area contributed by atoms with Gasteiger partial charge in [-0.2, -0.15) is 0 Å². The number of anilines is 1. The van der Waals surface area contributed by atoms with Crippen molar-refractivity contribution in [1.29, 1.82) is 0 Å². The lowest BCUT2D eigenvalue weighted by Crippen LogP contribution is -2.35. The summed E-state index contributed by atoms with van der Waals surface area (Å²) in [5.74, 6) is -0.102. The summed E-state index contributed by atoms with van der Waals surface area (Å²) >= 11 is 0. The van der Waals surface area contributed by atoms with E-state index < -0.39 is 4.92 Å². The third-order valence-corrected chi connectivity index (χ3v) is 4.40. The van der Waals surface area contributed by atoms with Crippen LogP contribution < -0.4 is 4.90 Å². The van der Waals surface area contributed by atoms with E-state index in [4.69, 9.17) is 0 Å². The van der Waals surface area contributed by atoms with Gasteiger partial charge in [-0.15, -0.1) is 0 Å². The number of aryl methyl sites for hydroxylation is 3. The van der Waals surface area contributed by atoms with Gasteiger partial charge in [0.05, 0.1) is 10.6 Å². The van der Waals surface area contributed by atoms with E-state index in [9.17, 15) is 14.9 Å². The smallest absolute Gasteiger partial charge is 0.271 e. The lowest BCUT2D eigenvalue weighted by molar-refractivity contribution is -0.384. The standard InChI is InChI=1S/C18H18N2O3/c1-12-5-6-15(10-13(12)2)18(21)19-9-3-4-14-7-8-16(20(22)23)11-17(14)19/h5-8,10-11H,3-4,9H2,1-2H3. The first-order valence-electron chi connectivity index (χ1n) is 7.64. The van der Waals surface area contributed by atoms with Gasteiger partial charge in [-0.05, 0) is 55.5 Å². The second-order valence-electron chi connectivity index (χ2n) is 5.93. The zero-order chi connectivity index (χ0) is 16.6. The minimum Gasteiger partial charge on any atom is -0.308 e. The number of rotatable bonds is 2. The Kier molecular flexibility index (Phi) is 3.86. The number of nitro benzene ring substituents is 1. The molecule has 1 heterocycles. The van der Waals surface area contributed by atoms with Gasteiger partial charge in [-0.25, -0.2) is 0 Å². The molecule has 0 saturated heterocycles. The Morgan fingerprint density at radius 2 is 1.91 bits per heavy atom. The first-order valence-corrected chi connectivity index (χ1v) is 7.64. The van der Waals surface area contributed by atoms with E-state index in [1.165, 1.54) is 12.1 Å². The van der Waals surface area contributed by atoms with Crippen molar-refractivity contribution in [1.82, 2.24) is 0 Å². The molecule has 2 aromatic rings. The van der Waals surface area contributed by atoms with E-state index in [2.05, 4.69) is 0 Å². The molecular formula is C18H18N2O3. The fourth-order valence-corrected chi connectivity index (χ4v) is 2.92. The molecule has 0 aliphatic carbocycles. The van der Waals surface area contributed by atoms with Crippen molar-refractivity contribution in [3.8, 4) is 0 Å². The van der Waals surface area contributed by atoms with Crippen LogP contribution in [0.5, 0.6) is 0 Å². The van der Waals surface area contributed by atoms with Crippen molar-refractivity contribution >= 4 is 17.3 Å². The van der Waals surface area contributed by atoms with Gasteiger partial charge < -0.3 is 4.90 Å². The summed E-state index contributed by atoms with van der Waals surface area (Å²) in [4.78, 5) is 25.1. The van der Waals surface area contributed by atoms with E-state index in [0.717, 1.165) is 29.5 Å². The van der Waals surface area contributed by atoms with Gasteiger partial charge in [-0.3, -0.25) is 14.9 Å². The molecule has 0 aromatic heterocycles. The first kappa shape index (κ1) is 15.2. The summed E-state index contributed by atoms with van der Waals surface area (Å²) in [6, 6.07) is 10.4. The number of carbonyl (C=O) groups is 1. The summed E-state index contributed by atoms with van der Waals surface area (Å²) in [5, 5.41) is 11.0. The SMILES string of the molecule is Cc1ccc(C(=O)N2CCCc3ccc([N+](=O)[O-])cc32)cc1C. The van der Waals surface area contributed by atoms with Crippen LogP contribution in [0.3, 0.4) is 0 Å². The molecule has 118 valence electrons. The number of nitrogens with zero attached hydrogens (tertiary/aromatic N) is 2. The monoisotopic (exact) mass is 310 g/mol. The maximum absolute atomic E-state index is 12.9. The normalized spacial score (nSPS) is 13.6. The van der Waals surface area contributed by atoms with Crippen LogP contribution in [0.15, 0.2) is 36.4 Å². The van der Waals surface area contributed by atoms with Crippen LogP contribution in [0.2, 0.25) is 0 Å². The van der Waals surface area contributed by atoms with Crippen molar-refractivity contribution in [2.75, 3.05) is 11.4 Å². The fourth-order valence-electron chi connectivity index (χ4n) is 2.92. The number of fused-ring (bicyclic) bond motifs is 1. The summed E-state index contributed by atoms with van der Waals surface area (Å²) in [6.45, 7) is 4.56. The Morgan fingerprint density at radius 1 is 1.13 bits per heavy atom. The molecule has 0 radical (unpaired) electrons. The molecule has 1 aliphatic heterocycles. The van der Waals surface area contributed by atoms with Crippen LogP contribution in [0, 0.1) is 24.0 Å². The van der Waals surface area contributed by atoms with Crippen LogP contribution >= 0.6 is 0 Å². The predicted octanol–water partition coefficient (Wildman–Crippen LogP) is 3.80. The van der Waals surface area contributed by atoms with Crippen molar-refractivity contribution in [2.24, 2.45) is 0 Å². The summed E-state index contributed by atoms with van der Waals surface area (Å²) in [5.41, 5.74) is 4.48. The molecule has 0 N–H and O–H groups in total. The maximum atomic E-state index is 12.9. The van der Waals surface area contributed by atoms with E-state index in [1.54, 1.807) is 11.0 Å². The molecule has 23 heavy (non-hydrogen) atoms. The van der Waals surface area contributed by atoms with Gasteiger partial charge in [0.25, 0.3) is 11.6 Å². The Bertz CT molecular complexity index is 799. The van der Waals surface area contributed by atoms with Crippen molar-refractivity contribution in [3.05, 3.63) is 68.8 Å². The third kappa shape index (κ3) is 2.82. The zero-order valence-corrected chi connectivity index (χ0v) is 13.2. The van der Waals surface area contributed by atoms with Crippen molar-refractivity contribution in [2.45, 2.75) is 26.7 Å². The number of non-ortho nitro benzene ring substituents is 1. The highest BCUT2D eigenvalue weighted by Crippen LogP contribution is 2.32. The van der Waals surface area contributed by atoms with Crippen molar-refractivity contribution in [3.63, 3.8) is 0 Å². The van der Waals surface area contributed by atoms with E-state index in [1.807, 2.05) is 32.0 Å². The Hall–Kier alpha value is -2.69. The highest BCUT2D eigenvalue weighted by molar-refractivity contribution is 6.07. The predicted molar refractivity (Wildman–Crippen MR) is 89.0 cm³/mol. The number of hydrogen-bond donors (Lipinski definition) is 0. The molecule has 0 bridgehead atoms. The summed E-state index contributed by atoms with van der Waals surface area (Å²) < 4.78 is 0. The second kappa shape index (κ2) is 5.83. The topological polar surface area (TPSA) is 63.5 Å². The Morgan fingerprint density at radius 3 is 2.61 bits per heavy atom. The van der Waals surface area contributed by atoms with Crippen LogP contribution in [-0.2, 0) is 6.42 Å². The average molecular weight is 310 g/mol. The van der Waals surface area contributed by atoms with Gasteiger partial charge >= 0.3 is 0 Å². The van der Waals surface area contributed by atoms with E-state index in [-0.39, 0.29) is 11.6 Å². The molecule has 0 atom stereocenters. The molecular weight excluding hydrogens is 292 g/mol. The zero-order valence-electron chi connectivity index (χ0n) is 13.2. The largest absolute Gasteiger partial charge is 0.308 e.